The molecule has 5 rings (SSSR count). The van der Waals surface area contributed by atoms with Crippen molar-refractivity contribution >= 4 is 5.97 Å². The summed E-state index contributed by atoms with van der Waals surface area (Å²) in [6.45, 7) is 16.9. The van der Waals surface area contributed by atoms with Crippen LogP contribution in [0.15, 0.2) is 11.6 Å². The first kappa shape index (κ1) is 23.9. The van der Waals surface area contributed by atoms with Crippen LogP contribution in [-0.2, 0) is 4.79 Å². The number of carbonyl (C=O) groups is 1. The summed E-state index contributed by atoms with van der Waals surface area (Å²) < 4.78 is 0. The lowest BCUT2D eigenvalue weighted by atomic mass is 9.33. The Kier molecular flexibility index (Phi) is 4.99. The Hall–Kier alpha value is -0.830. The summed E-state index contributed by atoms with van der Waals surface area (Å²) in [5.74, 6) is 0.432. The summed E-state index contributed by atoms with van der Waals surface area (Å²) in [5.41, 5.74) is 1.98. The normalized spacial score (nSPS) is 55.3. The number of hydrogen-bond donors (Lipinski definition) is 2. The molecule has 0 bridgehead atoms. The van der Waals surface area contributed by atoms with E-state index in [0.717, 1.165) is 25.7 Å². The average Bonchev–Trinajstić information content (AvgIpc) is 2.72. The van der Waals surface area contributed by atoms with Crippen LogP contribution in [0.2, 0.25) is 0 Å². The van der Waals surface area contributed by atoms with Gasteiger partial charge in [-0.1, -0.05) is 53.2 Å². The fraction of sp³-hybridized carbons (Fsp3) is 0.900. The summed E-state index contributed by atoms with van der Waals surface area (Å²) in [5, 5.41) is 21.1. The van der Waals surface area contributed by atoms with E-state index >= 15 is 0 Å². The number of aliphatic hydroxyl groups is 1. The topological polar surface area (TPSA) is 57.5 Å². The van der Waals surface area contributed by atoms with E-state index in [1.54, 1.807) is 5.57 Å². The smallest absolute Gasteiger partial charge is 0.312 e. The zero-order valence-electron chi connectivity index (χ0n) is 22.3. The van der Waals surface area contributed by atoms with Gasteiger partial charge in [-0.05, 0) is 116 Å². The number of carboxylic acids is 1. The Labute approximate surface area is 201 Å². The van der Waals surface area contributed by atoms with Crippen molar-refractivity contribution < 1.29 is 15.0 Å². The van der Waals surface area contributed by atoms with Gasteiger partial charge in [-0.3, -0.25) is 4.79 Å². The lowest BCUT2D eigenvalue weighted by Gasteiger charge is -2.71. The van der Waals surface area contributed by atoms with Gasteiger partial charge in [0.2, 0.25) is 0 Å². The van der Waals surface area contributed by atoms with Crippen molar-refractivity contribution in [3.05, 3.63) is 11.6 Å². The minimum atomic E-state index is -1.03. The maximum atomic E-state index is 12.5. The molecule has 0 saturated heterocycles. The molecule has 0 spiro atoms. The number of carboxylic acid groups (broad SMARTS) is 1. The Morgan fingerprint density at radius 1 is 0.879 bits per heavy atom. The van der Waals surface area contributed by atoms with Crippen LogP contribution in [0.4, 0.5) is 0 Å². The van der Waals surface area contributed by atoms with Crippen molar-refractivity contribution in [3.8, 4) is 0 Å². The third-order valence-electron chi connectivity index (χ3n) is 13.2. The van der Waals surface area contributed by atoms with Gasteiger partial charge in [0, 0.05) is 0 Å². The molecule has 4 fully saturated rings. The van der Waals surface area contributed by atoms with Gasteiger partial charge in [-0.2, -0.15) is 0 Å². The molecular weight excluding hydrogens is 408 g/mol. The third-order valence-corrected chi connectivity index (χ3v) is 13.2. The lowest BCUT2D eigenvalue weighted by Crippen LogP contribution is -2.66. The van der Waals surface area contributed by atoms with E-state index in [-0.39, 0.29) is 22.2 Å². The molecule has 0 aromatic heterocycles. The Balaban J connectivity index is 1.58. The zero-order valence-corrected chi connectivity index (χ0v) is 22.3. The lowest BCUT2D eigenvalue weighted by molar-refractivity contribution is -0.216. The molecule has 33 heavy (non-hydrogen) atoms. The van der Waals surface area contributed by atoms with E-state index in [2.05, 4.69) is 47.6 Å². The van der Waals surface area contributed by atoms with E-state index in [1.807, 2.05) is 6.92 Å². The van der Waals surface area contributed by atoms with Gasteiger partial charge in [-0.25, -0.2) is 0 Å². The van der Waals surface area contributed by atoms with Gasteiger partial charge >= 0.3 is 5.97 Å². The molecule has 0 amide bonds. The second kappa shape index (κ2) is 6.89. The number of aliphatic hydroxyl groups excluding tert-OH is 1. The number of aliphatic carboxylic acids is 1. The molecular formula is C30H48O3. The molecule has 5 aliphatic rings. The van der Waals surface area contributed by atoms with Gasteiger partial charge in [0.25, 0.3) is 0 Å². The molecule has 9 atom stereocenters. The quantitative estimate of drug-likeness (QED) is 0.409. The summed E-state index contributed by atoms with van der Waals surface area (Å²) >= 11 is 0. The fourth-order valence-electron chi connectivity index (χ4n) is 10.5. The molecule has 0 unspecified atom stereocenters. The summed E-state index contributed by atoms with van der Waals surface area (Å²) in [7, 11) is 0. The van der Waals surface area contributed by atoms with Gasteiger partial charge in [0.1, 0.15) is 0 Å². The van der Waals surface area contributed by atoms with E-state index in [1.165, 1.54) is 32.1 Å². The molecule has 3 heteroatoms. The van der Waals surface area contributed by atoms with Crippen molar-refractivity contribution in [3.63, 3.8) is 0 Å². The van der Waals surface area contributed by atoms with Gasteiger partial charge in [0.05, 0.1) is 11.5 Å². The van der Waals surface area contributed by atoms with E-state index in [9.17, 15) is 15.0 Å². The molecule has 4 saturated carbocycles. The number of rotatable bonds is 1. The van der Waals surface area contributed by atoms with Crippen molar-refractivity contribution in [1.29, 1.82) is 0 Å². The molecule has 186 valence electrons. The van der Waals surface area contributed by atoms with E-state index < -0.39 is 17.5 Å². The highest BCUT2D eigenvalue weighted by atomic mass is 16.4. The predicted octanol–water partition coefficient (Wildman–Crippen LogP) is 7.23. The summed E-state index contributed by atoms with van der Waals surface area (Å²) in [4.78, 5) is 12.5. The second-order valence-corrected chi connectivity index (χ2v) is 15.0. The predicted molar refractivity (Wildman–Crippen MR) is 133 cm³/mol. The molecule has 0 radical (unpaired) electrons. The Bertz CT molecular complexity index is 889. The maximum Gasteiger partial charge on any atom is 0.312 e. The number of hydrogen-bond acceptors (Lipinski definition) is 2. The molecule has 5 aliphatic carbocycles. The van der Waals surface area contributed by atoms with Gasteiger partial charge in [-0.15, -0.1) is 0 Å². The van der Waals surface area contributed by atoms with Crippen molar-refractivity contribution in [2.75, 3.05) is 0 Å². The summed E-state index contributed by atoms with van der Waals surface area (Å²) in [6.07, 6.45) is 13.2. The molecule has 0 aromatic rings. The molecule has 0 aliphatic heterocycles. The minimum absolute atomic E-state index is 0.0308. The van der Waals surface area contributed by atoms with Gasteiger partial charge < -0.3 is 10.2 Å². The molecule has 2 N–H and O–H groups in total. The highest BCUT2D eigenvalue weighted by molar-refractivity contribution is 5.76. The van der Waals surface area contributed by atoms with Crippen molar-refractivity contribution in [2.45, 2.75) is 119 Å². The van der Waals surface area contributed by atoms with Crippen LogP contribution in [0.25, 0.3) is 0 Å². The monoisotopic (exact) mass is 456 g/mol. The third kappa shape index (κ3) is 2.87. The first-order valence-electron chi connectivity index (χ1n) is 13.8. The highest BCUT2D eigenvalue weighted by Gasteiger charge is 2.69. The van der Waals surface area contributed by atoms with E-state index in [0.29, 0.717) is 29.1 Å². The van der Waals surface area contributed by atoms with Crippen LogP contribution in [0.3, 0.4) is 0 Å². The van der Waals surface area contributed by atoms with Crippen LogP contribution in [0.1, 0.15) is 113 Å². The van der Waals surface area contributed by atoms with Crippen LogP contribution in [-0.4, -0.2) is 22.3 Å². The van der Waals surface area contributed by atoms with Crippen LogP contribution >= 0.6 is 0 Å². The number of allylic oxidation sites excluding steroid dienone is 2. The van der Waals surface area contributed by atoms with Crippen LogP contribution < -0.4 is 0 Å². The molecule has 3 nitrogen and oxygen atoms in total. The number of fused-ring (bicyclic) bond motifs is 7. The second-order valence-electron chi connectivity index (χ2n) is 15.0. The van der Waals surface area contributed by atoms with Crippen LogP contribution in [0.5, 0.6) is 0 Å². The standard InChI is InChI=1S/C30H48O3/c1-25(2)14-15-26(3)16-17-28(5)19(20(26)18-25)8-9-21-27(4)12-11-23(31)30(7,24(32)33)22(27)10-13-29(21,28)6/h8,20-23,31H,9-18H2,1-7H3,(H,32,33)/t20-,21-,22+,23-,26-,27-,28-,29-,30-/m1/s1. The first-order chi connectivity index (χ1) is 15.1. The largest absolute Gasteiger partial charge is 0.481 e. The minimum Gasteiger partial charge on any atom is -0.481 e. The highest BCUT2D eigenvalue weighted by Crippen LogP contribution is 2.75. The van der Waals surface area contributed by atoms with Crippen molar-refractivity contribution in [2.24, 2.45) is 50.2 Å². The molecule has 0 aromatic carbocycles. The summed E-state index contributed by atoms with van der Waals surface area (Å²) in [6, 6.07) is 0. The van der Waals surface area contributed by atoms with E-state index in [4.69, 9.17) is 0 Å². The first-order valence-corrected chi connectivity index (χ1v) is 13.8. The van der Waals surface area contributed by atoms with Crippen molar-refractivity contribution in [1.82, 2.24) is 0 Å². The SMILES string of the molecule is CC1(C)CC[C@]2(C)CC[C@]3(C)C(=CC[C@@H]4[C@@]5(C)CC[C@@H](O)[C@](C)(C(=O)O)[C@H]5CC[C@]43C)[C@H]2C1. The molecule has 0 heterocycles. The van der Waals surface area contributed by atoms with Gasteiger partial charge in [0.15, 0.2) is 0 Å². The zero-order chi connectivity index (χ0) is 24.2. The Morgan fingerprint density at radius 2 is 1.55 bits per heavy atom. The fourth-order valence-corrected chi connectivity index (χ4v) is 10.5. The average molecular weight is 457 g/mol. The Morgan fingerprint density at radius 3 is 2.21 bits per heavy atom. The maximum absolute atomic E-state index is 12.5. The van der Waals surface area contributed by atoms with Crippen LogP contribution in [0, 0.1) is 50.2 Å².